The normalized spacial score (nSPS) is 13.6. The van der Waals surface area contributed by atoms with Crippen molar-refractivity contribution in [3.8, 4) is 0 Å². The first kappa shape index (κ1) is 19.1. The van der Waals surface area contributed by atoms with Crippen LogP contribution in [0.2, 0.25) is 0 Å². The van der Waals surface area contributed by atoms with Crippen molar-refractivity contribution in [1.29, 1.82) is 0 Å². The standard InChI is InChI=1S/C15H24F3N5/c1-4-11(3)23-14(19-5-2)22-10-9-21-13-12(15(16,17)18)7-6-8-20-13/h6-8,11H,4-5,9-10H2,1-3H3,(H,20,21)(H2,19,22,23). The molecule has 23 heavy (non-hydrogen) atoms. The average Bonchev–Trinajstić information content (AvgIpc) is 2.51. The van der Waals surface area contributed by atoms with Gasteiger partial charge in [-0.2, -0.15) is 13.2 Å². The number of alkyl halides is 3. The van der Waals surface area contributed by atoms with E-state index in [-0.39, 0.29) is 18.4 Å². The molecule has 0 fully saturated rings. The molecule has 0 spiro atoms. The topological polar surface area (TPSA) is 61.3 Å². The van der Waals surface area contributed by atoms with E-state index in [1.807, 2.05) is 13.8 Å². The SMILES string of the molecule is CCNC(=NCCNc1ncccc1C(F)(F)F)NC(C)CC. The molecule has 5 nitrogen and oxygen atoms in total. The molecule has 0 aliphatic heterocycles. The van der Waals surface area contributed by atoms with E-state index in [0.29, 0.717) is 19.0 Å². The second kappa shape index (κ2) is 9.22. The van der Waals surface area contributed by atoms with Gasteiger partial charge in [0, 0.05) is 25.3 Å². The van der Waals surface area contributed by atoms with Crippen molar-refractivity contribution in [3.05, 3.63) is 23.9 Å². The van der Waals surface area contributed by atoms with E-state index in [0.717, 1.165) is 12.5 Å². The minimum atomic E-state index is -4.42. The maximum Gasteiger partial charge on any atom is 0.419 e. The van der Waals surface area contributed by atoms with Crippen molar-refractivity contribution in [2.45, 2.75) is 39.4 Å². The predicted molar refractivity (Wildman–Crippen MR) is 86.6 cm³/mol. The Hall–Kier alpha value is -1.99. The number of rotatable bonds is 7. The van der Waals surface area contributed by atoms with Gasteiger partial charge in [-0.25, -0.2) is 4.98 Å². The van der Waals surface area contributed by atoms with Crippen LogP contribution in [0, 0.1) is 0 Å². The molecule has 1 rings (SSSR count). The number of hydrogen-bond acceptors (Lipinski definition) is 3. The van der Waals surface area contributed by atoms with Crippen LogP contribution in [0.4, 0.5) is 19.0 Å². The lowest BCUT2D eigenvalue weighted by molar-refractivity contribution is -0.137. The van der Waals surface area contributed by atoms with Crippen molar-refractivity contribution in [3.63, 3.8) is 0 Å². The quantitative estimate of drug-likeness (QED) is 0.408. The third-order valence-electron chi connectivity index (χ3n) is 3.13. The number of anilines is 1. The highest BCUT2D eigenvalue weighted by Gasteiger charge is 2.33. The van der Waals surface area contributed by atoms with Crippen molar-refractivity contribution in [2.75, 3.05) is 25.0 Å². The molecule has 130 valence electrons. The Labute approximate surface area is 134 Å². The van der Waals surface area contributed by atoms with E-state index in [1.54, 1.807) is 0 Å². The monoisotopic (exact) mass is 331 g/mol. The van der Waals surface area contributed by atoms with E-state index >= 15 is 0 Å². The highest BCUT2D eigenvalue weighted by molar-refractivity contribution is 5.80. The highest BCUT2D eigenvalue weighted by atomic mass is 19.4. The maximum atomic E-state index is 12.8. The summed E-state index contributed by atoms with van der Waals surface area (Å²) in [6.07, 6.45) is -2.15. The Kier molecular flexibility index (Phi) is 7.64. The third-order valence-corrected chi connectivity index (χ3v) is 3.13. The fraction of sp³-hybridized carbons (Fsp3) is 0.600. The molecule has 0 bridgehead atoms. The Morgan fingerprint density at radius 3 is 2.70 bits per heavy atom. The number of aromatic nitrogens is 1. The first-order valence-electron chi connectivity index (χ1n) is 7.69. The molecule has 1 atom stereocenters. The van der Waals surface area contributed by atoms with E-state index in [4.69, 9.17) is 0 Å². The Morgan fingerprint density at radius 1 is 1.35 bits per heavy atom. The van der Waals surface area contributed by atoms with Gasteiger partial charge < -0.3 is 16.0 Å². The minimum Gasteiger partial charge on any atom is -0.368 e. The van der Waals surface area contributed by atoms with E-state index < -0.39 is 11.7 Å². The number of pyridine rings is 1. The summed E-state index contributed by atoms with van der Waals surface area (Å²) < 4.78 is 38.5. The summed E-state index contributed by atoms with van der Waals surface area (Å²) in [5, 5.41) is 9.01. The Morgan fingerprint density at radius 2 is 2.09 bits per heavy atom. The molecule has 1 unspecified atom stereocenters. The smallest absolute Gasteiger partial charge is 0.368 e. The summed E-state index contributed by atoms with van der Waals surface area (Å²) in [4.78, 5) is 8.08. The lowest BCUT2D eigenvalue weighted by atomic mass is 10.2. The summed E-state index contributed by atoms with van der Waals surface area (Å²) in [5.74, 6) is 0.482. The molecular weight excluding hydrogens is 307 g/mol. The van der Waals surface area contributed by atoms with Crippen LogP contribution in [0.25, 0.3) is 0 Å². The molecule has 0 aliphatic carbocycles. The summed E-state index contributed by atoms with van der Waals surface area (Å²) in [7, 11) is 0. The van der Waals surface area contributed by atoms with Gasteiger partial charge in [-0.15, -0.1) is 0 Å². The van der Waals surface area contributed by atoms with Gasteiger partial charge >= 0.3 is 6.18 Å². The Balaban J connectivity index is 2.60. The minimum absolute atomic E-state index is 0.171. The van der Waals surface area contributed by atoms with Crippen LogP contribution in [0.15, 0.2) is 23.3 Å². The molecule has 0 saturated heterocycles. The lowest BCUT2D eigenvalue weighted by Gasteiger charge is -2.16. The maximum absolute atomic E-state index is 12.8. The molecule has 1 aromatic rings. The summed E-state index contributed by atoms with van der Waals surface area (Å²) in [5.41, 5.74) is -0.770. The number of nitrogens with zero attached hydrogens (tertiary/aromatic N) is 2. The number of hydrogen-bond donors (Lipinski definition) is 3. The second-order valence-corrected chi connectivity index (χ2v) is 5.04. The van der Waals surface area contributed by atoms with Crippen LogP contribution in [0.1, 0.15) is 32.8 Å². The summed E-state index contributed by atoms with van der Waals surface area (Å²) in [6, 6.07) is 2.55. The van der Waals surface area contributed by atoms with Crippen LogP contribution in [0.5, 0.6) is 0 Å². The summed E-state index contributed by atoms with van der Waals surface area (Å²) in [6.45, 7) is 7.36. The van der Waals surface area contributed by atoms with E-state index in [9.17, 15) is 13.2 Å². The van der Waals surface area contributed by atoms with E-state index in [2.05, 4.69) is 32.9 Å². The van der Waals surface area contributed by atoms with Gasteiger partial charge in [0.1, 0.15) is 5.82 Å². The Bertz CT molecular complexity index is 502. The van der Waals surface area contributed by atoms with Crippen LogP contribution < -0.4 is 16.0 Å². The molecular formula is C15H24F3N5. The third kappa shape index (κ3) is 6.75. The van der Waals surface area contributed by atoms with Gasteiger partial charge in [0.2, 0.25) is 0 Å². The van der Waals surface area contributed by atoms with Gasteiger partial charge in [-0.05, 0) is 32.4 Å². The molecule has 0 radical (unpaired) electrons. The van der Waals surface area contributed by atoms with Crippen molar-refractivity contribution in [2.24, 2.45) is 4.99 Å². The van der Waals surface area contributed by atoms with Gasteiger partial charge in [0.25, 0.3) is 0 Å². The van der Waals surface area contributed by atoms with Gasteiger partial charge in [-0.1, -0.05) is 6.92 Å². The van der Waals surface area contributed by atoms with Crippen LogP contribution >= 0.6 is 0 Å². The molecule has 1 heterocycles. The molecule has 3 N–H and O–H groups in total. The van der Waals surface area contributed by atoms with Gasteiger partial charge in [-0.3, -0.25) is 4.99 Å². The number of nitrogens with one attached hydrogen (secondary N) is 3. The predicted octanol–water partition coefficient (Wildman–Crippen LogP) is 2.87. The second-order valence-electron chi connectivity index (χ2n) is 5.04. The zero-order valence-electron chi connectivity index (χ0n) is 13.7. The molecule has 0 saturated carbocycles. The molecule has 1 aromatic heterocycles. The number of aliphatic imine (C=N–C) groups is 1. The zero-order chi connectivity index (χ0) is 17.3. The van der Waals surface area contributed by atoms with Crippen molar-refractivity contribution >= 4 is 11.8 Å². The van der Waals surface area contributed by atoms with E-state index in [1.165, 1.54) is 12.3 Å². The molecule has 0 aliphatic rings. The van der Waals surface area contributed by atoms with Crippen LogP contribution in [-0.4, -0.2) is 36.6 Å². The fourth-order valence-corrected chi connectivity index (χ4v) is 1.77. The van der Waals surface area contributed by atoms with Crippen molar-refractivity contribution < 1.29 is 13.2 Å². The lowest BCUT2D eigenvalue weighted by Crippen LogP contribution is -2.42. The van der Waals surface area contributed by atoms with Crippen LogP contribution in [-0.2, 0) is 6.18 Å². The first-order chi connectivity index (χ1) is 10.9. The molecule has 8 heteroatoms. The molecule has 0 aromatic carbocycles. The van der Waals surface area contributed by atoms with Crippen molar-refractivity contribution in [1.82, 2.24) is 15.6 Å². The van der Waals surface area contributed by atoms with Gasteiger partial charge in [0.15, 0.2) is 5.96 Å². The first-order valence-corrected chi connectivity index (χ1v) is 7.69. The zero-order valence-corrected chi connectivity index (χ0v) is 13.7. The highest BCUT2D eigenvalue weighted by Crippen LogP contribution is 2.33. The summed E-state index contributed by atoms with van der Waals surface area (Å²) >= 11 is 0. The molecule has 0 amide bonds. The largest absolute Gasteiger partial charge is 0.419 e. The average molecular weight is 331 g/mol. The number of halogens is 3. The van der Waals surface area contributed by atoms with Gasteiger partial charge in [0.05, 0.1) is 12.1 Å². The fourth-order valence-electron chi connectivity index (χ4n) is 1.77. The van der Waals surface area contributed by atoms with Crippen LogP contribution in [0.3, 0.4) is 0 Å². The number of guanidine groups is 1.